The molecule has 4 nitrogen and oxygen atoms in total. The molecule has 1 fully saturated rings. The molecule has 1 aliphatic heterocycles. The van der Waals surface area contributed by atoms with E-state index in [1.54, 1.807) is 0 Å². The van der Waals surface area contributed by atoms with Gasteiger partial charge in [-0.05, 0) is 18.6 Å². The van der Waals surface area contributed by atoms with Crippen molar-refractivity contribution in [2.45, 2.75) is 44.9 Å². The molecule has 2 N–H and O–H groups in total. The minimum Gasteiger partial charge on any atom is -0.388 e. The van der Waals surface area contributed by atoms with Crippen LogP contribution < -0.4 is 5.32 Å². The summed E-state index contributed by atoms with van der Waals surface area (Å²) < 4.78 is 7.54. The largest absolute Gasteiger partial charge is 0.388 e. The summed E-state index contributed by atoms with van der Waals surface area (Å²) in [4.78, 5) is 0. The Morgan fingerprint density at radius 2 is 2.22 bits per heavy atom. The summed E-state index contributed by atoms with van der Waals surface area (Å²) in [5, 5.41) is 13.7. The quantitative estimate of drug-likeness (QED) is 0.807. The predicted molar refractivity (Wildman–Crippen MR) is 71.4 cm³/mol. The number of hydrogen-bond donors (Lipinski definition) is 2. The average Bonchev–Trinajstić information content (AvgIpc) is 2.78. The molecule has 0 atom stereocenters. The van der Waals surface area contributed by atoms with E-state index < -0.39 is 5.60 Å². The normalized spacial score (nSPS) is 19.0. The average molecular weight is 252 g/mol. The van der Waals surface area contributed by atoms with Crippen LogP contribution in [0.25, 0.3) is 0 Å². The van der Waals surface area contributed by atoms with Gasteiger partial charge in [-0.15, -0.1) is 0 Å². The van der Waals surface area contributed by atoms with Gasteiger partial charge in [0.15, 0.2) is 0 Å². The van der Waals surface area contributed by atoms with Gasteiger partial charge in [-0.2, -0.15) is 0 Å². The number of aryl methyl sites for hydroxylation is 1. The van der Waals surface area contributed by atoms with Crippen LogP contribution in [-0.4, -0.2) is 35.0 Å². The van der Waals surface area contributed by atoms with Gasteiger partial charge in [0.2, 0.25) is 0 Å². The van der Waals surface area contributed by atoms with Crippen molar-refractivity contribution in [3.63, 3.8) is 0 Å². The highest BCUT2D eigenvalue weighted by Crippen LogP contribution is 2.19. The molecule has 4 heteroatoms. The highest BCUT2D eigenvalue weighted by molar-refractivity contribution is 5.07. The lowest BCUT2D eigenvalue weighted by atomic mass is 9.94. The van der Waals surface area contributed by atoms with Crippen molar-refractivity contribution in [3.05, 3.63) is 24.0 Å². The Morgan fingerprint density at radius 3 is 2.94 bits per heavy atom. The molecule has 1 aliphatic rings. The summed E-state index contributed by atoms with van der Waals surface area (Å²) in [6.45, 7) is 6.04. The van der Waals surface area contributed by atoms with E-state index in [9.17, 15) is 5.11 Å². The summed E-state index contributed by atoms with van der Waals surface area (Å²) in [7, 11) is 0. The Morgan fingerprint density at radius 1 is 1.44 bits per heavy atom. The molecule has 0 bridgehead atoms. The number of ether oxygens (including phenoxy) is 1. The number of rotatable bonds is 6. The highest BCUT2D eigenvalue weighted by atomic mass is 16.5. The molecule has 1 aromatic rings. The third-order valence-corrected chi connectivity index (χ3v) is 3.57. The summed E-state index contributed by atoms with van der Waals surface area (Å²) in [5.74, 6) is 0. The second kappa shape index (κ2) is 6.36. The minimum atomic E-state index is -0.583. The highest BCUT2D eigenvalue weighted by Gasteiger charge is 2.29. The Kier molecular flexibility index (Phi) is 4.80. The van der Waals surface area contributed by atoms with Crippen LogP contribution in [0.2, 0.25) is 0 Å². The predicted octanol–water partition coefficient (Wildman–Crippen LogP) is 1.53. The minimum absolute atomic E-state index is 0.583. The lowest BCUT2D eigenvalue weighted by Gasteiger charge is -2.32. The molecule has 0 saturated carbocycles. The molecule has 1 saturated heterocycles. The summed E-state index contributed by atoms with van der Waals surface area (Å²) in [5.41, 5.74) is 0.702. The SMILES string of the molecule is CCCn1cccc1CNCC1(O)CCOCC1. The van der Waals surface area contributed by atoms with Gasteiger partial charge < -0.3 is 19.7 Å². The van der Waals surface area contributed by atoms with Crippen LogP contribution in [0.3, 0.4) is 0 Å². The third kappa shape index (κ3) is 3.57. The van der Waals surface area contributed by atoms with Gasteiger partial charge in [0.1, 0.15) is 0 Å². The topological polar surface area (TPSA) is 46.4 Å². The van der Waals surface area contributed by atoms with Crippen molar-refractivity contribution in [1.29, 1.82) is 0 Å². The molecule has 2 rings (SSSR count). The molecule has 0 spiro atoms. The standard InChI is InChI=1S/C14H24N2O2/c1-2-7-16-8-3-4-13(16)11-15-12-14(17)5-9-18-10-6-14/h3-4,8,15,17H,2,5-7,9-12H2,1H3. The monoisotopic (exact) mass is 252 g/mol. The maximum absolute atomic E-state index is 10.3. The Labute approximate surface area is 109 Å². The third-order valence-electron chi connectivity index (χ3n) is 3.57. The van der Waals surface area contributed by atoms with E-state index in [1.807, 2.05) is 0 Å². The zero-order valence-corrected chi connectivity index (χ0v) is 11.2. The summed E-state index contributed by atoms with van der Waals surface area (Å²) >= 11 is 0. The number of aliphatic hydroxyl groups is 1. The van der Waals surface area contributed by atoms with Crippen molar-refractivity contribution >= 4 is 0 Å². The summed E-state index contributed by atoms with van der Waals surface area (Å²) in [6.07, 6.45) is 4.72. The van der Waals surface area contributed by atoms with Crippen LogP contribution >= 0.6 is 0 Å². The van der Waals surface area contributed by atoms with Gasteiger partial charge in [-0.25, -0.2) is 0 Å². The van der Waals surface area contributed by atoms with Crippen LogP contribution in [0.1, 0.15) is 31.9 Å². The van der Waals surface area contributed by atoms with Gasteiger partial charge >= 0.3 is 0 Å². The second-order valence-electron chi connectivity index (χ2n) is 5.13. The van der Waals surface area contributed by atoms with Crippen LogP contribution in [-0.2, 0) is 17.8 Å². The molecule has 1 aromatic heterocycles. The first-order valence-electron chi connectivity index (χ1n) is 6.88. The Hall–Kier alpha value is -0.840. The molecule has 0 radical (unpaired) electrons. The fourth-order valence-electron chi connectivity index (χ4n) is 2.42. The second-order valence-corrected chi connectivity index (χ2v) is 5.13. The van der Waals surface area contributed by atoms with Crippen molar-refractivity contribution < 1.29 is 9.84 Å². The Balaban J connectivity index is 1.78. The van der Waals surface area contributed by atoms with E-state index >= 15 is 0 Å². The first-order valence-corrected chi connectivity index (χ1v) is 6.88. The van der Waals surface area contributed by atoms with E-state index in [0.717, 1.165) is 32.4 Å². The van der Waals surface area contributed by atoms with Crippen LogP contribution in [0, 0.1) is 0 Å². The summed E-state index contributed by atoms with van der Waals surface area (Å²) in [6, 6.07) is 4.21. The van der Waals surface area contributed by atoms with Crippen molar-refractivity contribution in [1.82, 2.24) is 9.88 Å². The van der Waals surface area contributed by atoms with E-state index in [1.165, 1.54) is 5.69 Å². The van der Waals surface area contributed by atoms with Gasteiger partial charge in [-0.3, -0.25) is 0 Å². The van der Waals surface area contributed by atoms with Gasteiger partial charge in [0, 0.05) is 57.6 Å². The fourth-order valence-corrected chi connectivity index (χ4v) is 2.42. The molecule has 2 heterocycles. The fraction of sp³-hybridized carbons (Fsp3) is 0.714. The molecule has 0 aliphatic carbocycles. The number of nitrogens with zero attached hydrogens (tertiary/aromatic N) is 1. The zero-order valence-electron chi connectivity index (χ0n) is 11.2. The first kappa shape index (κ1) is 13.6. The van der Waals surface area contributed by atoms with Crippen molar-refractivity contribution in [3.8, 4) is 0 Å². The maximum atomic E-state index is 10.3. The maximum Gasteiger partial charge on any atom is 0.0815 e. The molecule has 0 unspecified atom stereocenters. The van der Waals surface area contributed by atoms with Crippen LogP contribution in [0.5, 0.6) is 0 Å². The number of hydrogen-bond acceptors (Lipinski definition) is 3. The number of nitrogens with one attached hydrogen (secondary N) is 1. The lowest BCUT2D eigenvalue weighted by Crippen LogP contribution is -2.44. The first-order chi connectivity index (χ1) is 8.73. The smallest absolute Gasteiger partial charge is 0.0815 e. The Bertz CT molecular complexity index is 356. The van der Waals surface area contributed by atoms with E-state index in [2.05, 4.69) is 35.1 Å². The zero-order chi connectivity index (χ0) is 12.8. The van der Waals surface area contributed by atoms with Crippen molar-refractivity contribution in [2.24, 2.45) is 0 Å². The van der Waals surface area contributed by atoms with Gasteiger partial charge in [0.25, 0.3) is 0 Å². The van der Waals surface area contributed by atoms with Gasteiger partial charge in [0.05, 0.1) is 5.60 Å². The lowest BCUT2D eigenvalue weighted by molar-refractivity contribution is -0.0617. The van der Waals surface area contributed by atoms with Crippen LogP contribution in [0.15, 0.2) is 18.3 Å². The van der Waals surface area contributed by atoms with Gasteiger partial charge in [-0.1, -0.05) is 6.92 Å². The van der Waals surface area contributed by atoms with Crippen molar-refractivity contribution in [2.75, 3.05) is 19.8 Å². The van der Waals surface area contributed by atoms with E-state index in [0.29, 0.717) is 19.8 Å². The molecular formula is C14H24N2O2. The van der Waals surface area contributed by atoms with E-state index in [4.69, 9.17) is 4.74 Å². The molecule has 0 aromatic carbocycles. The number of aromatic nitrogens is 1. The van der Waals surface area contributed by atoms with E-state index in [-0.39, 0.29) is 0 Å². The molecule has 18 heavy (non-hydrogen) atoms. The molecule has 0 amide bonds. The molecule has 102 valence electrons. The molecular weight excluding hydrogens is 228 g/mol. The van der Waals surface area contributed by atoms with Crippen LogP contribution in [0.4, 0.5) is 0 Å².